The van der Waals surface area contributed by atoms with Crippen LogP contribution in [-0.2, 0) is 4.74 Å². The smallest absolute Gasteiger partial charge is 0.0593 e. The predicted octanol–water partition coefficient (Wildman–Crippen LogP) is 3.74. The van der Waals surface area contributed by atoms with Crippen LogP contribution in [-0.4, -0.2) is 73.0 Å². The lowest BCUT2D eigenvalue weighted by molar-refractivity contribution is -0.0677. The summed E-state index contributed by atoms with van der Waals surface area (Å²) in [7, 11) is 0. The Kier molecular flexibility index (Phi) is 7.43. The van der Waals surface area contributed by atoms with Gasteiger partial charge in [-0.05, 0) is 74.5 Å². The number of aliphatic hydroxyl groups excluding tert-OH is 1. The molecule has 0 aliphatic carbocycles. The van der Waals surface area contributed by atoms with E-state index in [1.54, 1.807) is 0 Å². The number of aliphatic hydroxyl groups is 1. The lowest BCUT2D eigenvalue weighted by atomic mass is 9.74. The summed E-state index contributed by atoms with van der Waals surface area (Å²) >= 11 is 0. The quantitative estimate of drug-likeness (QED) is 0.729. The molecule has 0 amide bonds. The molecular formula is C29H36N2O2. The molecule has 4 nitrogen and oxygen atoms in total. The standard InChI is InChI=1S/C29H36N2O2/c32-22-28-29(26-12-10-24(11-13-26)9-8-23-6-2-1-3-7-23)27-21-30(16-4-5-17-31(27)28)20-25-14-18-33-19-15-25/h1-3,6-7,10-13,25,27-29,32H,4-5,14-22H2/t27-,28+,29-/m1/s1. The minimum Gasteiger partial charge on any atom is -0.395 e. The third-order valence-electron chi connectivity index (χ3n) is 7.73. The molecular weight excluding hydrogens is 408 g/mol. The highest BCUT2D eigenvalue weighted by molar-refractivity contribution is 5.44. The van der Waals surface area contributed by atoms with Gasteiger partial charge in [0.15, 0.2) is 0 Å². The monoisotopic (exact) mass is 444 g/mol. The summed E-state index contributed by atoms with van der Waals surface area (Å²) in [6, 6.07) is 19.6. The van der Waals surface area contributed by atoms with Crippen LogP contribution in [0.3, 0.4) is 0 Å². The molecule has 2 aromatic rings. The molecule has 1 N–H and O–H groups in total. The Labute approximate surface area is 198 Å². The number of ether oxygens (including phenoxy) is 1. The zero-order valence-electron chi connectivity index (χ0n) is 19.5. The molecule has 174 valence electrons. The van der Waals surface area contributed by atoms with Gasteiger partial charge in [-0.25, -0.2) is 0 Å². The van der Waals surface area contributed by atoms with Gasteiger partial charge in [0.25, 0.3) is 0 Å². The predicted molar refractivity (Wildman–Crippen MR) is 132 cm³/mol. The van der Waals surface area contributed by atoms with E-state index < -0.39 is 0 Å². The highest BCUT2D eigenvalue weighted by atomic mass is 16.5. The fraction of sp³-hybridized carbons (Fsp3) is 0.517. The number of hydrogen-bond donors (Lipinski definition) is 1. The summed E-state index contributed by atoms with van der Waals surface area (Å²) in [5.74, 6) is 7.69. The number of hydrogen-bond acceptors (Lipinski definition) is 4. The summed E-state index contributed by atoms with van der Waals surface area (Å²) in [6.07, 6.45) is 4.86. The Bertz CT molecular complexity index is 943. The number of rotatable bonds is 4. The van der Waals surface area contributed by atoms with Crippen molar-refractivity contribution in [3.63, 3.8) is 0 Å². The third-order valence-corrected chi connectivity index (χ3v) is 7.73. The molecule has 3 atom stereocenters. The van der Waals surface area contributed by atoms with Gasteiger partial charge in [-0.1, -0.05) is 42.2 Å². The summed E-state index contributed by atoms with van der Waals surface area (Å²) in [5.41, 5.74) is 3.42. The van der Waals surface area contributed by atoms with Crippen molar-refractivity contribution in [1.82, 2.24) is 9.80 Å². The van der Waals surface area contributed by atoms with Crippen molar-refractivity contribution >= 4 is 0 Å². The van der Waals surface area contributed by atoms with Gasteiger partial charge >= 0.3 is 0 Å². The third kappa shape index (κ3) is 5.34. The zero-order valence-corrected chi connectivity index (χ0v) is 19.5. The highest BCUT2D eigenvalue weighted by Crippen LogP contribution is 2.42. The molecule has 3 aliphatic heterocycles. The van der Waals surface area contributed by atoms with E-state index in [0.717, 1.165) is 43.3 Å². The van der Waals surface area contributed by atoms with Crippen molar-refractivity contribution in [2.75, 3.05) is 46.0 Å². The molecule has 33 heavy (non-hydrogen) atoms. The topological polar surface area (TPSA) is 35.9 Å². The lowest BCUT2D eigenvalue weighted by Gasteiger charge is -2.57. The van der Waals surface area contributed by atoms with Gasteiger partial charge in [-0.2, -0.15) is 0 Å². The second kappa shape index (κ2) is 10.8. The fourth-order valence-corrected chi connectivity index (χ4v) is 5.93. The van der Waals surface area contributed by atoms with Crippen LogP contribution in [0, 0.1) is 17.8 Å². The molecule has 3 saturated heterocycles. The molecule has 0 saturated carbocycles. The first kappa shape index (κ1) is 22.6. The van der Waals surface area contributed by atoms with Gasteiger partial charge in [0.1, 0.15) is 0 Å². The molecule has 3 aliphatic rings. The van der Waals surface area contributed by atoms with E-state index in [1.807, 2.05) is 30.3 Å². The zero-order chi connectivity index (χ0) is 22.5. The first-order valence-corrected chi connectivity index (χ1v) is 12.7. The van der Waals surface area contributed by atoms with Crippen LogP contribution in [0.25, 0.3) is 0 Å². The SMILES string of the molecule is OC[C@H]1[C@H](c2ccc(C#Cc3ccccc3)cc2)[C@H]2CN(CC3CCOCC3)CCCCN21. The average molecular weight is 445 g/mol. The van der Waals surface area contributed by atoms with Gasteiger partial charge in [-0.15, -0.1) is 0 Å². The molecule has 0 unspecified atom stereocenters. The molecule has 5 rings (SSSR count). The van der Waals surface area contributed by atoms with Crippen LogP contribution in [0.2, 0.25) is 0 Å². The summed E-state index contributed by atoms with van der Waals surface area (Å²) < 4.78 is 5.57. The van der Waals surface area contributed by atoms with Gasteiger partial charge in [0, 0.05) is 55.4 Å². The van der Waals surface area contributed by atoms with E-state index in [0.29, 0.717) is 12.0 Å². The summed E-state index contributed by atoms with van der Waals surface area (Å²) in [6.45, 7) is 6.68. The summed E-state index contributed by atoms with van der Waals surface area (Å²) in [5, 5.41) is 10.2. The first-order chi connectivity index (χ1) is 16.3. The van der Waals surface area contributed by atoms with Crippen molar-refractivity contribution in [3.05, 3.63) is 71.3 Å². The van der Waals surface area contributed by atoms with Crippen LogP contribution in [0.1, 0.15) is 48.3 Å². The molecule has 2 aromatic carbocycles. The Hall–Kier alpha value is -2.16. The number of fused-ring (bicyclic) bond motifs is 1. The van der Waals surface area contributed by atoms with Crippen LogP contribution >= 0.6 is 0 Å². The average Bonchev–Trinajstić information content (AvgIpc) is 2.85. The van der Waals surface area contributed by atoms with E-state index in [2.05, 4.69) is 45.9 Å². The second-order valence-electron chi connectivity index (χ2n) is 9.84. The Morgan fingerprint density at radius 3 is 2.30 bits per heavy atom. The van der Waals surface area contributed by atoms with Crippen LogP contribution < -0.4 is 0 Å². The molecule has 0 aromatic heterocycles. The Morgan fingerprint density at radius 2 is 1.58 bits per heavy atom. The van der Waals surface area contributed by atoms with Crippen molar-refractivity contribution in [3.8, 4) is 11.8 Å². The Morgan fingerprint density at radius 1 is 0.879 bits per heavy atom. The normalized spacial score (nSPS) is 26.9. The maximum atomic E-state index is 10.2. The van der Waals surface area contributed by atoms with E-state index in [1.165, 1.54) is 44.3 Å². The molecule has 0 bridgehead atoms. The largest absolute Gasteiger partial charge is 0.395 e. The van der Waals surface area contributed by atoms with E-state index >= 15 is 0 Å². The van der Waals surface area contributed by atoms with Crippen molar-refractivity contribution in [2.45, 2.75) is 43.7 Å². The molecule has 4 heteroatoms. The van der Waals surface area contributed by atoms with Gasteiger partial charge in [0.2, 0.25) is 0 Å². The second-order valence-corrected chi connectivity index (χ2v) is 9.84. The van der Waals surface area contributed by atoms with Gasteiger partial charge < -0.3 is 14.7 Å². The summed E-state index contributed by atoms with van der Waals surface area (Å²) in [4.78, 5) is 5.27. The maximum Gasteiger partial charge on any atom is 0.0593 e. The minimum absolute atomic E-state index is 0.233. The lowest BCUT2D eigenvalue weighted by Crippen LogP contribution is -2.67. The highest BCUT2D eigenvalue weighted by Gasteiger charge is 2.49. The molecule has 0 radical (unpaired) electrons. The van der Waals surface area contributed by atoms with Crippen LogP contribution in [0.15, 0.2) is 54.6 Å². The van der Waals surface area contributed by atoms with Gasteiger partial charge in [-0.3, -0.25) is 4.90 Å². The van der Waals surface area contributed by atoms with E-state index in [-0.39, 0.29) is 12.6 Å². The molecule has 3 fully saturated rings. The van der Waals surface area contributed by atoms with Crippen molar-refractivity contribution < 1.29 is 9.84 Å². The number of benzene rings is 2. The molecule has 3 heterocycles. The fourth-order valence-electron chi connectivity index (χ4n) is 5.93. The minimum atomic E-state index is 0.233. The van der Waals surface area contributed by atoms with Crippen molar-refractivity contribution in [1.29, 1.82) is 0 Å². The van der Waals surface area contributed by atoms with Gasteiger partial charge in [0.05, 0.1) is 6.61 Å². The number of nitrogens with zero attached hydrogens (tertiary/aromatic N) is 2. The van der Waals surface area contributed by atoms with Crippen LogP contribution in [0.4, 0.5) is 0 Å². The molecule has 0 spiro atoms. The first-order valence-electron chi connectivity index (χ1n) is 12.7. The Balaban J connectivity index is 1.29. The van der Waals surface area contributed by atoms with Crippen LogP contribution in [0.5, 0.6) is 0 Å². The van der Waals surface area contributed by atoms with E-state index in [4.69, 9.17) is 4.74 Å². The van der Waals surface area contributed by atoms with Crippen molar-refractivity contribution in [2.24, 2.45) is 5.92 Å². The maximum absolute atomic E-state index is 10.2. The van der Waals surface area contributed by atoms with E-state index in [9.17, 15) is 5.11 Å².